The molecule has 0 unspecified atom stereocenters. The summed E-state index contributed by atoms with van der Waals surface area (Å²) < 4.78 is 12.9. The summed E-state index contributed by atoms with van der Waals surface area (Å²) in [6, 6.07) is 14.7. The van der Waals surface area contributed by atoms with Gasteiger partial charge in [0.15, 0.2) is 23.3 Å². The summed E-state index contributed by atoms with van der Waals surface area (Å²) in [7, 11) is 3.53. The molecule has 32 heavy (non-hydrogen) atoms. The first-order chi connectivity index (χ1) is 15.5. The zero-order valence-electron chi connectivity index (χ0n) is 18.0. The molecule has 0 spiro atoms. The van der Waals surface area contributed by atoms with E-state index in [1.807, 2.05) is 54.9 Å². The molecular weight excluding hydrogens is 426 g/mol. The van der Waals surface area contributed by atoms with Gasteiger partial charge in [-0.1, -0.05) is 23.9 Å². The molecule has 1 N–H and O–H groups in total. The number of hydrogen-bond donors (Lipinski definition) is 1. The van der Waals surface area contributed by atoms with Gasteiger partial charge in [-0.25, -0.2) is 15.0 Å². The lowest BCUT2D eigenvalue weighted by Crippen LogP contribution is -2.20. The summed E-state index contributed by atoms with van der Waals surface area (Å²) in [6.45, 7) is 1.82. The predicted octanol–water partition coefficient (Wildman–Crippen LogP) is 3.99. The highest BCUT2D eigenvalue weighted by Gasteiger charge is 2.12. The van der Waals surface area contributed by atoms with E-state index in [0.717, 1.165) is 27.7 Å². The van der Waals surface area contributed by atoms with Crippen LogP contribution in [0.5, 0.6) is 11.5 Å². The predicted molar refractivity (Wildman–Crippen MR) is 124 cm³/mol. The molecular formula is C23H23N5O3S. The van der Waals surface area contributed by atoms with Gasteiger partial charge in [-0.2, -0.15) is 0 Å². The van der Waals surface area contributed by atoms with E-state index >= 15 is 0 Å². The van der Waals surface area contributed by atoms with Crippen LogP contribution in [0.25, 0.3) is 11.0 Å². The van der Waals surface area contributed by atoms with E-state index < -0.39 is 0 Å². The van der Waals surface area contributed by atoms with Crippen LogP contribution in [0.3, 0.4) is 0 Å². The molecule has 2 aromatic heterocycles. The first-order valence-electron chi connectivity index (χ1n) is 9.97. The fourth-order valence-electron chi connectivity index (χ4n) is 3.16. The van der Waals surface area contributed by atoms with E-state index in [9.17, 15) is 4.79 Å². The number of aromatic nitrogens is 4. The quantitative estimate of drug-likeness (QED) is 0.321. The van der Waals surface area contributed by atoms with Crippen molar-refractivity contribution in [3.63, 3.8) is 0 Å². The van der Waals surface area contributed by atoms with Crippen LogP contribution in [-0.2, 0) is 17.6 Å². The Labute approximate surface area is 190 Å². The van der Waals surface area contributed by atoms with Crippen molar-refractivity contribution in [1.29, 1.82) is 0 Å². The number of imidazole rings is 1. The Bertz CT molecular complexity index is 1260. The van der Waals surface area contributed by atoms with Gasteiger partial charge in [0.1, 0.15) is 5.82 Å². The molecule has 0 aliphatic rings. The minimum Gasteiger partial charge on any atom is -0.493 e. The van der Waals surface area contributed by atoms with Crippen molar-refractivity contribution < 1.29 is 14.3 Å². The number of para-hydroxylation sites is 2. The van der Waals surface area contributed by atoms with Crippen LogP contribution in [0.15, 0.2) is 59.9 Å². The number of methoxy groups -OCH3 is 1. The summed E-state index contributed by atoms with van der Waals surface area (Å²) in [6.07, 6.45) is 1.76. The molecule has 0 aliphatic carbocycles. The van der Waals surface area contributed by atoms with E-state index in [1.165, 1.54) is 11.8 Å². The van der Waals surface area contributed by atoms with E-state index in [4.69, 9.17) is 14.5 Å². The van der Waals surface area contributed by atoms with Crippen molar-refractivity contribution in [3.8, 4) is 11.5 Å². The second kappa shape index (κ2) is 9.69. The third-order valence-corrected chi connectivity index (χ3v) is 5.65. The van der Waals surface area contributed by atoms with Gasteiger partial charge in [-0.05, 0) is 43.3 Å². The maximum absolute atomic E-state index is 12.4. The lowest BCUT2D eigenvalue weighted by molar-refractivity contribution is -0.118. The number of benzene rings is 2. The molecule has 0 bridgehead atoms. The molecule has 0 fully saturated rings. The van der Waals surface area contributed by atoms with Gasteiger partial charge < -0.3 is 19.4 Å². The average molecular weight is 450 g/mol. The number of rotatable bonds is 8. The zero-order valence-corrected chi connectivity index (χ0v) is 18.8. The largest absolute Gasteiger partial charge is 0.493 e. The molecule has 4 aromatic rings. The summed E-state index contributed by atoms with van der Waals surface area (Å²) >= 11 is 1.54. The molecule has 0 aliphatic heterocycles. The van der Waals surface area contributed by atoms with Crippen LogP contribution in [0, 0.1) is 6.92 Å². The van der Waals surface area contributed by atoms with Crippen LogP contribution in [0.4, 0.5) is 5.69 Å². The third-order valence-electron chi connectivity index (χ3n) is 4.79. The SMILES string of the molecule is COc1ccccc1OCC(=O)Nc1ccc2c(c1)nc(CSc1nccc(C)n1)n2C. The fourth-order valence-corrected chi connectivity index (χ4v) is 4.02. The van der Waals surface area contributed by atoms with Crippen molar-refractivity contribution in [2.45, 2.75) is 17.8 Å². The number of carbonyl (C=O) groups is 1. The van der Waals surface area contributed by atoms with Crippen LogP contribution in [0.2, 0.25) is 0 Å². The second-order valence-electron chi connectivity index (χ2n) is 7.05. The molecule has 2 heterocycles. The average Bonchev–Trinajstić information content (AvgIpc) is 3.11. The number of aryl methyl sites for hydroxylation is 2. The number of ether oxygens (including phenoxy) is 2. The minimum atomic E-state index is -0.265. The summed E-state index contributed by atoms with van der Waals surface area (Å²) in [4.78, 5) is 25.8. The van der Waals surface area contributed by atoms with E-state index in [1.54, 1.807) is 25.4 Å². The van der Waals surface area contributed by atoms with Crippen LogP contribution < -0.4 is 14.8 Å². The number of anilines is 1. The van der Waals surface area contributed by atoms with E-state index in [-0.39, 0.29) is 12.5 Å². The van der Waals surface area contributed by atoms with Gasteiger partial charge in [-0.3, -0.25) is 4.79 Å². The van der Waals surface area contributed by atoms with Crippen molar-refractivity contribution in [1.82, 2.24) is 19.5 Å². The van der Waals surface area contributed by atoms with Crippen molar-refractivity contribution in [2.75, 3.05) is 19.0 Å². The Morgan fingerprint density at radius 2 is 1.94 bits per heavy atom. The molecule has 2 aromatic carbocycles. The lowest BCUT2D eigenvalue weighted by atomic mass is 10.2. The first kappa shape index (κ1) is 21.6. The Balaban J connectivity index is 1.41. The monoisotopic (exact) mass is 449 g/mol. The van der Waals surface area contributed by atoms with Gasteiger partial charge in [0, 0.05) is 24.6 Å². The Morgan fingerprint density at radius 1 is 1.12 bits per heavy atom. The smallest absolute Gasteiger partial charge is 0.262 e. The van der Waals surface area contributed by atoms with E-state index in [0.29, 0.717) is 22.9 Å². The highest BCUT2D eigenvalue weighted by atomic mass is 32.2. The molecule has 0 radical (unpaired) electrons. The maximum atomic E-state index is 12.4. The Kier molecular flexibility index (Phi) is 6.55. The van der Waals surface area contributed by atoms with Gasteiger partial charge >= 0.3 is 0 Å². The molecule has 164 valence electrons. The number of nitrogens with one attached hydrogen (secondary N) is 1. The number of hydrogen-bond acceptors (Lipinski definition) is 7. The summed E-state index contributed by atoms with van der Waals surface area (Å²) in [5.41, 5.74) is 3.37. The molecule has 0 atom stereocenters. The Morgan fingerprint density at radius 3 is 2.72 bits per heavy atom. The van der Waals surface area contributed by atoms with Gasteiger partial charge in [-0.15, -0.1) is 0 Å². The standard InChI is InChI=1S/C23H23N5O3S/c1-15-10-11-24-23(25-15)32-14-21-27-17-12-16(8-9-18(17)28(21)2)26-22(29)13-31-20-7-5-4-6-19(20)30-3/h4-12H,13-14H2,1-3H3,(H,26,29). The number of fused-ring (bicyclic) bond motifs is 1. The molecule has 4 rings (SSSR count). The van der Waals surface area contributed by atoms with Gasteiger partial charge in [0.05, 0.1) is 23.9 Å². The number of thioether (sulfide) groups is 1. The molecule has 9 heteroatoms. The van der Waals surface area contributed by atoms with Crippen LogP contribution >= 0.6 is 11.8 Å². The fraction of sp³-hybridized carbons (Fsp3) is 0.217. The maximum Gasteiger partial charge on any atom is 0.262 e. The van der Waals surface area contributed by atoms with Crippen molar-refractivity contribution >= 4 is 34.4 Å². The summed E-state index contributed by atoms with van der Waals surface area (Å²) in [5, 5.41) is 3.58. The molecule has 0 saturated carbocycles. The topological polar surface area (TPSA) is 91.2 Å². The zero-order chi connectivity index (χ0) is 22.5. The highest BCUT2D eigenvalue weighted by Crippen LogP contribution is 2.26. The molecule has 1 amide bonds. The molecule has 0 saturated heterocycles. The van der Waals surface area contributed by atoms with Crippen molar-refractivity contribution in [3.05, 3.63) is 66.2 Å². The third kappa shape index (κ3) is 5.00. The van der Waals surface area contributed by atoms with Gasteiger partial charge in [0.2, 0.25) is 0 Å². The van der Waals surface area contributed by atoms with Crippen LogP contribution in [0.1, 0.15) is 11.5 Å². The number of nitrogens with zero attached hydrogens (tertiary/aromatic N) is 4. The lowest BCUT2D eigenvalue weighted by Gasteiger charge is -2.10. The van der Waals surface area contributed by atoms with E-state index in [2.05, 4.69) is 15.3 Å². The normalized spacial score (nSPS) is 10.8. The van der Waals surface area contributed by atoms with Crippen molar-refractivity contribution in [2.24, 2.45) is 7.05 Å². The molecule has 8 nitrogen and oxygen atoms in total. The number of amides is 1. The minimum absolute atomic E-state index is 0.126. The summed E-state index contributed by atoms with van der Waals surface area (Å²) in [5.74, 6) is 2.38. The second-order valence-corrected chi connectivity index (χ2v) is 7.99. The first-order valence-corrected chi connectivity index (χ1v) is 11.0. The highest BCUT2D eigenvalue weighted by molar-refractivity contribution is 7.98. The van der Waals surface area contributed by atoms with Gasteiger partial charge in [0.25, 0.3) is 5.91 Å². The number of carbonyl (C=O) groups excluding carboxylic acids is 1. The Hall–Kier alpha value is -3.59. The van der Waals surface area contributed by atoms with Crippen LogP contribution in [-0.4, -0.2) is 39.1 Å².